The quantitative estimate of drug-likeness (QED) is 0.727. The summed E-state index contributed by atoms with van der Waals surface area (Å²) in [6.07, 6.45) is 2.61. The van der Waals surface area contributed by atoms with E-state index in [1.54, 1.807) is 0 Å². The summed E-state index contributed by atoms with van der Waals surface area (Å²) in [4.78, 5) is 0. The maximum atomic E-state index is 14.4. The Hall–Kier alpha value is -0.110. The minimum absolute atomic E-state index is 0.134. The molecule has 0 aliphatic carbocycles. The zero-order chi connectivity index (χ0) is 11.4. The Morgan fingerprint density at radius 3 is 2.00 bits per heavy atom. The van der Waals surface area contributed by atoms with E-state index in [9.17, 15) is 4.39 Å². The first-order chi connectivity index (χ1) is 6.23. The maximum absolute atomic E-state index is 14.4. The van der Waals surface area contributed by atoms with E-state index in [1.807, 2.05) is 20.8 Å². The van der Waals surface area contributed by atoms with E-state index in [1.165, 1.54) is 0 Å². The fourth-order valence-corrected chi connectivity index (χ4v) is 1.57. The lowest BCUT2D eigenvalue weighted by Crippen LogP contribution is -2.45. The molecule has 0 aliphatic rings. The van der Waals surface area contributed by atoms with Gasteiger partial charge in [0.1, 0.15) is 5.67 Å². The molecule has 0 aromatic heterocycles. The molecule has 0 heterocycles. The molecule has 0 aliphatic heterocycles. The molecule has 0 radical (unpaired) electrons. The van der Waals surface area contributed by atoms with Crippen LogP contribution in [0.1, 0.15) is 53.9 Å². The van der Waals surface area contributed by atoms with Crippen LogP contribution in [0.5, 0.6) is 0 Å². The highest BCUT2D eigenvalue weighted by molar-refractivity contribution is 4.91. The van der Waals surface area contributed by atoms with Gasteiger partial charge in [0.05, 0.1) is 0 Å². The van der Waals surface area contributed by atoms with Crippen molar-refractivity contribution in [1.82, 2.24) is 0 Å². The smallest absolute Gasteiger partial charge is 0.128 e. The van der Waals surface area contributed by atoms with Crippen molar-refractivity contribution in [2.75, 3.05) is 6.54 Å². The van der Waals surface area contributed by atoms with Crippen LogP contribution in [0.3, 0.4) is 0 Å². The topological polar surface area (TPSA) is 26.0 Å². The van der Waals surface area contributed by atoms with Crippen LogP contribution >= 0.6 is 0 Å². The lowest BCUT2D eigenvalue weighted by Gasteiger charge is -2.37. The summed E-state index contributed by atoms with van der Waals surface area (Å²) in [6, 6.07) is 0. The summed E-state index contributed by atoms with van der Waals surface area (Å²) in [7, 11) is 0. The first kappa shape index (κ1) is 13.9. The molecule has 1 unspecified atom stereocenters. The highest BCUT2D eigenvalue weighted by Crippen LogP contribution is 2.37. The van der Waals surface area contributed by atoms with Crippen molar-refractivity contribution < 1.29 is 4.39 Å². The van der Waals surface area contributed by atoms with Crippen molar-refractivity contribution in [2.24, 2.45) is 17.1 Å². The highest BCUT2D eigenvalue weighted by atomic mass is 19.1. The number of halogens is 1. The Bertz CT molecular complexity index is 160. The molecule has 0 spiro atoms. The first-order valence-corrected chi connectivity index (χ1v) is 5.62. The van der Waals surface area contributed by atoms with Crippen molar-refractivity contribution in [3.05, 3.63) is 0 Å². The SMILES string of the molecule is CC(C)CCCC(F)(CN)C(C)(C)C. The lowest BCUT2D eigenvalue weighted by atomic mass is 9.75. The van der Waals surface area contributed by atoms with E-state index in [2.05, 4.69) is 13.8 Å². The number of alkyl halides is 1. The van der Waals surface area contributed by atoms with Crippen molar-refractivity contribution in [1.29, 1.82) is 0 Å². The van der Waals surface area contributed by atoms with Gasteiger partial charge in [0.2, 0.25) is 0 Å². The molecule has 1 atom stereocenters. The first-order valence-electron chi connectivity index (χ1n) is 5.62. The van der Waals surface area contributed by atoms with Gasteiger partial charge in [0.15, 0.2) is 0 Å². The standard InChI is InChI=1S/C12H26FN/c1-10(2)7-6-8-12(13,9-14)11(3,4)5/h10H,6-9,14H2,1-5H3. The summed E-state index contributed by atoms with van der Waals surface area (Å²) < 4.78 is 14.4. The molecule has 14 heavy (non-hydrogen) atoms. The molecule has 0 bridgehead atoms. The molecule has 0 aromatic carbocycles. The molecule has 86 valence electrons. The average molecular weight is 203 g/mol. The molecule has 0 aromatic rings. The van der Waals surface area contributed by atoms with E-state index >= 15 is 0 Å². The molecule has 0 rings (SSSR count). The van der Waals surface area contributed by atoms with Gasteiger partial charge in [-0.15, -0.1) is 0 Å². The largest absolute Gasteiger partial charge is 0.328 e. The second kappa shape index (κ2) is 5.11. The van der Waals surface area contributed by atoms with Gasteiger partial charge in [0, 0.05) is 6.54 Å². The third-order valence-electron chi connectivity index (χ3n) is 3.02. The average Bonchev–Trinajstić information content (AvgIpc) is 2.01. The zero-order valence-electron chi connectivity index (χ0n) is 10.4. The Kier molecular flexibility index (Phi) is 5.07. The van der Waals surface area contributed by atoms with Crippen LogP contribution in [0.2, 0.25) is 0 Å². The van der Waals surface area contributed by atoms with E-state index < -0.39 is 5.67 Å². The third-order valence-corrected chi connectivity index (χ3v) is 3.02. The Balaban J connectivity index is 4.14. The van der Waals surface area contributed by atoms with Gasteiger partial charge in [0.25, 0.3) is 0 Å². The predicted molar refractivity (Wildman–Crippen MR) is 61.0 cm³/mol. The molecule has 0 amide bonds. The van der Waals surface area contributed by atoms with Gasteiger partial charge in [-0.25, -0.2) is 4.39 Å². The van der Waals surface area contributed by atoms with Gasteiger partial charge in [-0.2, -0.15) is 0 Å². The van der Waals surface area contributed by atoms with E-state index in [0.717, 1.165) is 12.8 Å². The number of nitrogens with two attached hydrogens (primary N) is 1. The van der Waals surface area contributed by atoms with Gasteiger partial charge in [-0.3, -0.25) is 0 Å². The summed E-state index contributed by atoms with van der Waals surface area (Å²) in [6.45, 7) is 10.2. The van der Waals surface area contributed by atoms with Crippen LogP contribution in [-0.2, 0) is 0 Å². The molecule has 0 saturated carbocycles. The van der Waals surface area contributed by atoms with Gasteiger partial charge >= 0.3 is 0 Å². The second-order valence-electron chi connectivity index (χ2n) is 5.71. The van der Waals surface area contributed by atoms with Crippen molar-refractivity contribution in [3.8, 4) is 0 Å². The number of hydrogen-bond donors (Lipinski definition) is 1. The summed E-state index contributed by atoms with van der Waals surface area (Å²) in [5.74, 6) is 0.650. The fourth-order valence-electron chi connectivity index (χ4n) is 1.57. The van der Waals surface area contributed by atoms with Crippen molar-refractivity contribution >= 4 is 0 Å². The van der Waals surface area contributed by atoms with E-state index in [-0.39, 0.29) is 12.0 Å². The van der Waals surface area contributed by atoms with Crippen molar-refractivity contribution in [2.45, 2.75) is 59.5 Å². The molecule has 0 saturated heterocycles. The second-order valence-corrected chi connectivity index (χ2v) is 5.71. The highest BCUT2D eigenvalue weighted by Gasteiger charge is 2.40. The van der Waals surface area contributed by atoms with Crippen LogP contribution < -0.4 is 5.73 Å². The Morgan fingerprint density at radius 1 is 1.21 bits per heavy atom. The summed E-state index contributed by atoms with van der Waals surface area (Å²) in [5, 5.41) is 0. The maximum Gasteiger partial charge on any atom is 0.128 e. The van der Waals surface area contributed by atoms with Crippen LogP contribution in [0.4, 0.5) is 4.39 Å². The van der Waals surface area contributed by atoms with Crippen LogP contribution in [0.15, 0.2) is 0 Å². The fraction of sp³-hybridized carbons (Fsp3) is 1.00. The van der Waals surface area contributed by atoms with Gasteiger partial charge in [-0.05, 0) is 24.2 Å². The van der Waals surface area contributed by atoms with E-state index in [4.69, 9.17) is 5.73 Å². The minimum Gasteiger partial charge on any atom is -0.328 e. The van der Waals surface area contributed by atoms with Crippen LogP contribution in [-0.4, -0.2) is 12.2 Å². The Morgan fingerprint density at radius 2 is 1.71 bits per heavy atom. The molecular formula is C12H26FN. The molecule has 0 fully saturated rings. The zero-order valence-corrected chi connectivity index (χ0v) is 10.4. The molecule has 2 N–H and O–H groups in total. The van der Waals surface area contributed by atoms with E-state index in [0.29, 0.717) is 12.3 Å². The minimum atomic E-state index is -1.21. The molecule has 2 heteroatoms. The third kappa shape index (κ3) is 3.95. The number of rotatable bonds is 5. The Labute approximate surface area is 88.3 Å². The van der Waals surface area contributed by atoms with Gasteiger partial charge < -0.3 is 5.73 Å². The predicted octanol–water partition coefficient (Wildman–Crippen LogP) is 3.53. The monoisotopic (exact) mass is 203 g/mol. The normalized spacial score (nSPS) is 17.1. The molecule has 1 nitrogen and oxygen atoms in total. The van der Waals surface area contributed by atoms with Crippen LogP contribution in [0, 0.1) is 11.3 Å². The van der Waals surface area contributed by atoms with Gasteiger partial charge in [-0.1, -0.05) is 41.0 Å². The lowest BCUT2D eigenvalue weighted by molar-refractivity contribution is 0.0261. The number of hydrogen-bond acceptors (Lipinski definition) is 1. The summed E-state index contributed by atoms with van der Waals surface area (Å²) >= 11 is 0. The van der Waals surface area contributed by atoms with Crippen LogP contribution in [0.25, 0.3) is 0 Å². The van der Waals surface area contributed by atoms with Crippen molar-refractivity contribution in [3.63, 3.8) is 0 Å². The molecular weight excluding hydrogens is 177 g/mol. The summed E-state index contributed by atoms with van der Waals surface area (Å²) in [5.41, 5.74) is 3.98.